The minimum absolute atomic E-state index is 0.860. The zero-order valence-corrected chi connectivity index (χ0v) is 34.4. The van der Waals surface area contributed by atoms with Crippen molar-refractivity contribution in [3.8, 4) is 22.3 Å². The molecule has 1 heterocycles. The first-order valence-electron chi connectivity index (χ1n) is 21.5. The minimum Gasteiger partial charge on any atom is -0.454 e. The van der Waals surface area contributed by atoms with Gasteiger partial charge in [-0.05, 0) is 116 Å². The topological polar surface area (TPSA) is 19.6 Å². The molecule has 0 aliphatic carbocycles. The maximum atomic E-state index is 7.01. The summed E-state index contributed by atoms with van der Waals surface area (Å²) in [5.41, 5.74) is 12.8. The van der Waals surface area contributed by atoms with E-state index in [1.807, 2.05) is 0 Å². The highest BCUT2D eigenvalue weighted by Crippen LogP contribution is 2.48. The van der Waals surface area contributed by atoms with Gasteiger partial charge >= 0.3 is 0 Å². The third-order valence-electron chi connectivity index (χ3n) is 12.4. The lowest BCUT2D eigenvalue weighted by atomic mass is 9.95. The van der Waals surface area contributed by atoms with Crippen LogP contribution >= 0.6 is 0 Å². The fourth-order valence-corrected chi connectivity index (χ4v) is 9.50. The quantitative estimate of drug-likeness (QED) is 0.153. The van der Waals surface area contributed by atoms with Crippen LogP contribution in [0.4, 0.5) is 34.1 Å². The summed E-state index contributed by atoms with van der Waals surface area (Å²) in [4.78, 5) is 4.71. The van der Waals surface area contributed by atoms with E-state index in [1.165, 1.54) is 43.6 Å². The zero-order chi connectivity index (χ0) is 41.7. The Kier molecular flexibility index (Phi) is 8.83. The number of benzene rings is 11. The van der Waals surface area contributed by atoms with E-state index in [2.05, 4.69) is 252 Å². The van der Waals surface area contributed by atoms with E-state index in [9.17, 15) is 0 Å². The number of nitrogens with zero attached hydrogens (tertiary/aromatic N) is 2. The Hall–Kier alpha value is -8.40. The van der Waals surface area contributed by atoms with Gasteiger partial charge in [0.15, 0.2) is 5.58 Å². The molecule has 3 heteroatoms. The zero-order valence-electron chi connectivity index (χ0n) is 34.4. The maximum Gasteiger partial charge on any atom is 0.160 e. The molecule has 3 nitrogen and oxygen atoms in total. The van der Waals surface area contributed by atoms with Crippen LogP contribution < -0.4 is 9.80 Å². The third-order valence-corrected chi connectivity index (χ3v) is 12.4. The van der Waals surface area contributed by atoms with Crippen molar-refractivity contribution in [1.82, 2.24) is 0 Å². The van der Waals surface area contributed by atoms with E-state index >= 15 is 0 Å². The summed E-state index contributed by atoms with van der Waals surface area (Å²) in [6.07, 6.45) is 0. The first kappa shape index (κ1) is 36.5. The number of para-hydroxylation sites is 2. The predicted octanol–water partition coefficient (Wildman–Crippen LogP) is 17.3. The van der Waals surface area contributed by atoms with Gasteiger partial charge in [-0.15, -0.1) is 0 Å². The van der Waals surface area contributed by atoms with Gasteiger partial charge < -0.3 is 14.2 Å². The standard InChI is InChI=1S/C60H40N2O/c1-4-16-41(17-5-1)42-28-33-48(34-29-42)62(56-40-45-19-11-13-25-52(45)59-58-51-24-12-10-18-43(51)32-39-57(58)63-60(56)59)49-35-30-44(31-36-49)50-37-38-55(54-27-15-14-26-53(50)54)61(46-20-6-2-7-21-46)47-22-8-3-9-23-47/h1-40H. The molecular formula is C60H40N2O. The molecule has 0 N–H and O–H groups in total. The average molecular weight is 805 g/mol. The fraction of sp³-hybridized carbons (Fsp3) is 0. The van der Waals surface area contributed by atoms with Crippen molar-refractivity contribution in [2.75, 3.05) is 9.80 Å². The first-order chi connectivity index (χ1) is 31.3. The van der Waals surface area contributed by atoms with E-state index in [1.54, 1.807) is 0 Å². The van der Waals surface area contributed by atoms with Crippen molar-refractivity contribution in [2.24, 2.45) is 0 Å². The highest BCUT2D eigenvalue weighted by Gasteiger charge is 2.24. The second-order valence-corrected chi connectivity index (χ2v) is 16.1. The predicted molar refractivity (Wildman–Crippen MR) is 266 cm³/mol. The van der Waals surface area contributed by atoms with Crippen LogP contribution in [0.1, 0.15) is 0 Å². The molecule has 0 fully saturated rings. The normalized spacial score (nSPS) is 11.5. The van der Waals surface area contributed by atoms with E-state index in [0.29, 0.717) is 0 Å². The lowest BCUT2D eigenvalue weighted by Gasteiger charge is -2.28. The van der Waals surface area contributed by atoms with Crippen LogP contribution in [0.2, 0.25) is 0 Å². The highest BCUT2D eigenvalue weighted by atomic mass is 16.3. The molecule has 296 valence electrons. The van der Waals surface area contributed by atoms with Gasteiger partial charge in [-0.1, -0.05) is 176 Å². The molecule has 0 saturated heterocycles. The molecule has 0 spiro atoms. The van der Waals surface area contributed by atoms with Gasteiger partial charge in [0.05, 0.1) is 11.4 Å². The van der Waals surface area contributed by atoms with Gasteiger partial charge in [0.25, 0.3) is 0 Å². The summed E-state index contributed by atoms with van der Waals surface area (Å²) in [7, 11) is 0. The SMILES string of the molecule is c1ccc(-c2ccc(N(c3ccc(-c4ccc(N(c5ccccc5)c5ccccc5)c5ccccc45)cc3)c3cc4ccccc4c4c3oc3ccc5ccccc5c34)cc2)cc1. The second kappa shape index (κ2) is 15.3. The van der Waals surface area contributed by atoms with Crippen LogP contribution in [-0.2, 0) is 0 Å². The van der Waals surface area contributed by atoms with Crippen LogP contribution in [0.15, 0.2) is 247 Å². The summed E-state index contributed by atoms with van der Waals surface area (Å²) >= 11 is 0. The molecule has 0 radical (unpaired) electrons. The van der Waals surface area contributed by atoms with Crippen LogP contribution in [0.25, 0.3) is 76.5 Å². The van der Waals surface area contributed by atoms with Crippen LogP contribution in [0.3, 0.4) is 0 Å². The Bertz CT molecular complexity index is 3560. The molecule has 12 aromatic rings. The smallest absolute Gasteiger partial charge is 0.160 e. The molecule has 11 aromatic carbocycles. The molecular weight excluding hydrogens is 765 g/mol. The molecule has 0 amide bonds. The van der Waals surface area contributed by atoms with Crippen molar-refractivity contribution >= 4 is 88.4 Å². The van der Waals surface area contributed by atoms with Gasteiger partial charge in [-0.2, -0.15) is 0 Å². The van der Waals surface area contributed by atoms with Gasteiger partial charge in [0, 0.05) is 38.9 Å². The molecule has 0 bridgehead atoms. The van der Waals surface area contributed by atoms with E-state index < -0.39 is 0 Å². The maximum absolute atomic E-state index is 7.01. The van der Waals surface area contributed by atoms with Crippen molar-refractivity contribution < 1.29 is 4.42 Å². The molecule has 12 rings (SSSR count). The minimum atomic E-state index is 0.860. The lowest BCUT2D eigenvalue weighted by Crippen LogP contribution is -2.10. The van der Waals surface area contributed by atoms with Gasteiger partial charge in [-0.25, -0.2) is 0 Å². The molecule has 0 saturated carbocycles. The number of rotatable bonds is 8. The van der Waals surface area contributed by atoms with E-state index in [4.69, 9.17) is 4.42 Å². The first-order valence-corrected chi connectivity index (χ1v) is 21.5. The van der Waals surface area contributed by atoms with Crippen molar-refractivity contribution in [3.63, 3.8) is 0 Å². The summed E-state index contributed by atoms with van der Waals surface area (Å²) < 4.78 is 7.01. The molecule has 63 heavy (non-hydrogen) atoms. The monoisotopic (exact) mass is 804 g/mol. The Morgan fingerprint density at radius 3 is 1.41 bits per heavy atom. The second-order valence-electron chi connectivity index (χ2n) is 16.1. The summed E-state index contributed by atoms with van der Waals surface area (Å²) in [5, 5.41) is 9.36. The molecule has 1 aromatic heterocycles. The lowest BCUT2D eigenvalue weighted by molar-refractivity contribution is 0.669. The molecule has 0 unspecified atom stereocenters. The fourth-order valence-electron chi connectivity index (χ4n) is 9.50. The van der Waals surface area contributed by atoms with Crippen LogP contribution in [0.5, 0.6) is 0 Å². The highest BCUT2D eigenvalue weighted by molar-refractivity contribution is 6.29. The number of hydrogen-bond acceptors (Lipinski definition) is 3. The van der Waals surface area contributed by atoms with Gasteiger partial charge in [0.2, 0.25) is 0 Å². The number of anilines is 6. The Morgan fingerprint density at radius 1 is 0.286 bits per heavy atom. The number of hydrogen-bond donors (Lipinski definition) is 0. The number of furan rings is 1. The van der Waals surface area contributed by atoms with Crippen LogP contribution in [0, 0.1) is 0 Å². The van der Waals surface area contributed by atoms with Crippen molar-refractivity contribution in [2.45, 2.75) is 0 Å². The van der Waals surface area contributed by atoms with Crippen molar-refractivity contribution in [3.05, 3.63) is 243 Å². The van der Waals surface area contributed by atoms with Gasteiger partial charge in [-0.3, -0.25) is 0 Å². The Labute approximate surface area is 365 Å². The van der Waals surface area contributed by atoms with Crippen molar-refractivity contribution in [1.29, 1.82) is 0 Å². The van der Waals surface area contributed by atoms with E-state index in [-0.39, 0.29) is 0 Å². The molecule has 0 atom stereocenters. The van der Waals surface area contributed by atoms with Gasteiger partial charge in [0.1, 0.15) is 5.58 Å². The third kappa shape index (κ3) is 6.29. The molecule has 0 aliphatic rings. The Balaban J connectivity index is 1.03. The number of fused-ring (bicyclic) bond motifs is 8. The van der Waals surface area contributed by atoms with E-state index in [0.717, 1.165) is 67.0 Å². The molecule has 0 aliphatic heterocycles. The largest absolute Gasteiger partial charge is 0.454 e. The summed E-state index contributed by atoms with van der Waals surface area (Å²) in [6.45, 7) is 0. The Morgan fingerprint density at radius 2 is 0.762 bits per heavy atom. The van der Waals surface area contributed by atoms with Crippen LogP contribution in [-0.4, -0.2) is 0 Å². The summed E-state index contributed by atoms with van der Waals surface area (Å²) in [6, 6.07) is 86.9. The average Bonchev–Trinajstić information content (AvgIpc) is 3.77. The summed E-state index contributed by atoms with van der Waals surface area (Å²) in [5.74, 6) is 0.